The van der Waals surface area contributed by atoms with Gasteiger partial charge in [-0.3, -0.25) is 37.3 Å². The maximum absolute atomic E-state index is 13.0. The third-order valence-corrected chi connectivity index (χ3v) is 18.5. The second-order valence-electron chi connectivity index (χ2n) is 27.9. The Hall–Kier alpha value is -1.94. The van der Waals surface area contributed by atoms with Gasteiger partial charge in [-0.1, -0.05) is 306 Å². The summed E-state index contributed by atoms with van der Waals surface area (Å²) in [6.45, 7) is 14.1. The first-order valence-corrected chi connectivity index (χ1v) is 40.2. The molecule has 0 aromatic heterocycles. The predicted molar refractivity (Wildman–Crippen MR) is 367 cm³/mol. The maximum atomic E-state index is 13.0. The molecule has 0 fully saturated rings. The lowest BCUT2D eigenvalue weighted by molar-refractivity contribution is -0.161. The van der Waals surface area contributed by atoms with Crippen LogP contribution in [0.2, 0.25) is 0 Å². The number of unbranched alkanes of at least 4 members (excludes halogenated alkanes) is 35. The number of phosphoric ester groups is 2. The largest absolute Gasteiger partial charge is 0.472 e. The number of hydrogen-bond donors (Lipinski definition) is 3. The Morgan fingerprint density at radius 1 is 0.275 bits per heavy atom. The van der Waals surface area contributed by atoms with Gasteiger partial charge in [0.1, 0.15) is 19.3 Å². The van der Waals surface area contributed by atoms with Gasteiger partial charge < -0.3 is 33.8 Å². The minimum Gasteiger partial charge on any atom is -0.462 e. The van der Waals surface area contributed by atoms with Crippen molar-refractivity contribution < 1.29 is 80.2 Å². The Kier molecular flexibility index (Phi) is 60.3. The lowest BCUT2D eigenvalue weighted by atomic mass is 10.0. The average molecular weight is 1340 g/mol. The van der Waals surface area contributed by atoms with E-state index in [4.69, 9.17) is 37.0 Å². The zero-order chi connectivity index (χ0) is 67.5. The number of esters is 4. The van der Waals surface area contributed by atoms with Crippen molar-refractivity contribution in [3.63, 3.8) is 0 Å². The molecule has 0 saturated carbocycles. The summed E-state index contributed by atoms with van der Waals surface area (Å²) < 4.78 is 68.4. The Morgan fingerprint density at radius 3 is 0.681 bits per heavy atom. The summed E-state index contributed by atoms with van der Waals surface area (Å²) >= 11 is 0. The Morgan fingerprint density at radius 2 is 0.462 bits per heavy atom. The molecule has 0 aliphatic heterocycles. The zero-order valence-corrected chi connectivity index (χ0v) is 61.3. The molecule has 0 rings (SSSR count). The van der Waals surface area contributed by atoms with Crippen LogP contribution >= 0.6 is 15.6 Å². The molecule has 0 heterocycles. The fourth-order valence-electron chi connectivity index (χ4n) is 10.8. The standard InChI is InChI=1S/C72H140O17P2/c1-62(2)48-40-32-24-16-12-9-10-14-19-30-38-46-54-71(76)88-67(58-82-69(74)52-44-36-28-18-15-11-13-17-25-33-41-49-63(3)4)60-86-90(78,79)84-56-66(73)57-85-91(80,81)87-61-68(89-72(77)55-47-39-31-23-21-27-35-43-51-65(7)8)59-83-70(75)53-45-37-29-22-20-26-34-42-50-64(5)6/h62-68,73H,9-61H2,1-8H3,(H,78,79)(H,80,81)/t66?,67-,68-/m1/s1. The maximum Gasteiger partial charge on any atom is 0.472 e. The summed E-state index contributed by atoms with van der Waals surface area (Å²) in [6.07, 6.45) is 44.5. The van der Waals surface area contributed by atoms with Crippen molar-refractivity contribution in [2.75, 3.05) is 39.6 Å². The van der Waals surface area contributed by atoms with Crippen molar-refractivity contribution in [3.05, 3.63) is 0 Å². The van der Waals surface area contributed by atoms with Gasteiger partial charge in [0.05, 0.1) is 26.4 Å². The van der Waals surface area contributed by atoms with Crippen LogP contribution in [-0.4, -0.2) is 96.7 Å². The number of aliphatic hydroxyl groups is 1. The minimum absolute atomic E-state index is 0.103. The van der Waals surface area contributed by atoms with E-state index in [0.717, 1.165) is 114 Å². The topological polar surface area (TPSA) is 237 Å². The molecule has 0 amide bonds. The molecule has 17 nitrogen and oxygen atoms in total. The van der Waals surface area contributed by atoms with Gasteiger partial charge in [0.15, 0.2) is 12.2 Å². The van der Waals surface area contributed by atoms with E-state index in [0.29, 0.717) is 25.7 Å². The molecular weight excluding hydrogens is 1200 g/mol. The molecule has 0 aromatic carbocycles. The molecule has 19 heteroatoms. The summed E-state index contributed by atoms with van der Waals surface area (Å²) in [5.41, 5.74) is 0. The van der Waals surface area contributed by atoms with Gasteiger partial charge in [-0.15, -0.1) is 0 Å². The zero-order valence-electron chi connectivity index (χ0n) is 59.5. The van der Waals surface area contributed by atoms with Crippen molar-refractivity contribution in [3.8, 4) is 0 Å². The number of aliphatic hydroxyl groups excluding tert-OH is 1. The lowest BCUT2D eigenvalue weighted by Gasteiger charge is -2.21. The second-order valence-corrected chi connectivity index (χ2v) is 30.8. The van der Waals surface area contributed by atoms with Crippen LogP contribution in [0.3, 0.4) is 0 Å². The van der Waals surface area contributed by atoms with Crippen LogP contribution in [-0.2, 0) is 65.4 Å². The highest BCUT2D eigenvalue weighted by Gasteiger charge is 2.30. The van der Waals surface area contributed by atoms with Crippen molar-refractivity contribution in [1.29, 1.82) is 0 Å². The van der Waals surface area contributed by atoms with Gasteiger partial charge in [0.2, 0.25) is 0 Å². The SMILES string of the molecule is CC(C)CCCCCCCCCCCCCCC(=O)O[C@H](COC(=O)CCCCCCCCCCCCCC(C)C)COP(=O)(O)OCC(O)COP(=O)(O)OC[C@@H](COC(=O)CCCCCCCCCCC(C)C)OC(=O)CCCCCCCCCCC(C)C. The van der Waals surface area contributed by atoms with Crippen molar-refractivity contribution >= 4 is 39.5 Å². The third kappa shape index (κ3) is 66.5. The van der Waals surface area contributed by atoms with Crippen molar-refractivity contribution in [2.45, 2.75) is 375 Å². The van der Waals surface area contributed by atoms with Crippen LogP contribution in [0.25, 0.3) is 0 Å². The smallest absolute Gasteiger partial charge is 0.462 e. The normalized spacial score (nSPS) is 14.2. The summed E-state index contributed by atoms with van der Waals surface area (Å²) in [7, 11) is -9.91. The first kappa shape index (κ1) is 89.1. The van der Waals surface area contributed by atoms with Crippen molar-refractivity contribution in [2.24, 2.45) is 23.7 Å². The van der Waals surface area contributed by atoms with Crippen LogP contribution in [0.4, 0.5) is 0 Å². The first-order valence-electron chi connectivity index (χ1n) is 37.2. The molecule has 540 valence electrons. The summed E-state index contributed by atoms with van der Waals surface area (Å²) in [5.74, 6) is 0.865. The number of phosphoric acid groups is 2. The Balaban J connectivity index is 5.26. The molecule has 0 aliphatic rings. The van der Waals surface area contributed by atoms with Crippen molar-refractivity contribution in [1.82, 2.24) is 0 Å². The van der Waals surface area contributed by atoms with E-state index in [1.165, 1.54) is 161 Å². The molecule has 0 radical (unpaired) electrons. The van der Waals surface area contributed by atoms with Gasteiger partial charge in [0, 0.05) is 25.7 Å². The number of carbonyl (C=O) groups excluding carboxylic acids is 4. The first-order chi connectivity index (χ1) is 43.6. The molecule has 0 bridgehead atoms. The fraction of sp³-hybridized carbons (Fsp3) is 0.944. The van der Waals surface area contributed by atoms with E-state index in [1.807, 2.05) is 0 Å². The molecular formula is C72H140O17P2. The number of rotatable bonds is 69. The fourth-order valence-corrected chi connectivity index (χ4v) is 12.4. The van der Waals surface area contributed by atoms with Crippen LogP contribution in [0, 0.1) is 23.7 Å². The average Bonchev–Trinajstić information content (AvgIpc) is 3.25. The third-order valence-electron chi connectivity index (χ3n) is 16.6. The van der Waals surface area contributed by atoms with Gasteiger partial charge in [-0.05, 0) is 49.4 Å². The van der Waals surface area contributed by atoms with Gasteiger partial charge >= 0.3 is 39.5 Å². The molecule has 91 heavy (non-hydrogen) atoms. The van der Waals surface area contributed by atoms with E-state index < -0.39 is 97.5 Å². The van der Waals surface area contributed by atoms with Crippen LogP contribution in [0.5, 0.6) is 0 Å². The summed E-state index contributed by atoms with van der Waals surface area (Å²) in [5, 5.41) is 10.6. The molecule has 0 saturated heterocycles. The lowest BCUT2D eigenvalue weighted by Crippen LogP contribution is -2.30. The minimum atomic E-state index is -4.95. The molecule has 0 spiro atoms. The predicted octanol–water partition coefficient (Wildman–Crippen LogP) is 20.5. The monoisotopic (exact) mass is 1340 g/mol. The summed E-state index contributed by atoms with van der Waals surface area (Å²) in [6, 6.07) is 0. The highest BCUT2D eigenvalue weighted by Crippen LogP contribution is 2.45. The summed E-state index contributed by atoms with van der Waals surface area (Å²) in [4.78, 5) is 72.6. The Labute approximate surface area is 556 Å². The molecule has 5 atom stereocenters. The van der Waals surface area contributed by atoms with Gasteiger partial charge in [-0.2, -0.15) is 0 Å². The van der Waals surface area contributed by atoms with Gasteiger partial charge in [0.25, 0.3) is 0 Å². The molecule has 3 N–H and O–H groups in total. The van der Waals surface area contributed by atoms with Crippen LogP contribution < -0.4 is 0 Å². The van der Waals surface area contributed by atoms with E-state index in [9.17, 15) is 43.2 Å². The second kappa shape index (κ2) is 61.6. The van der Waals surface area contributed by atoms with Crippen LogP contribution in [0.1, 0.15) is 357 Å². The van der Waals surface area contributed by atoms with Crippen LogP contribution in [0.15, 0.2) is 0 Å². The molecule has 3 unspecified atom stereocenters. The number of hydrogen-bond acceptors (Lipinski definition) is 15. The highest BCUT2D eigenvalue weighted by molar-refractivity contribution is 7.47. The molecule has 0 aromatic rings. The van der Waals surface area contributed by atoms with E-state index in [2.05, 4.69) is 55.4 Å². The Bertz CT molecular complexity index is 1800. The molecule has 0 aliphatic carbocycles. The van der Waals surface area contributed by atoms with Gasteiger partial charge in [-0.25, -0.2) is 9.13 Å². The van der Waals surface area contributed by atoms with E-state index in [-0.39, 0.29) is 25.7 Å². The highest BCUT2D eigenvalue weighted by atomic mass is 31.2. The number of carbonyl (C=O) groups is 4. The van der Waals surface area contributed by atoms with E-state index in [1.54, 1.807) is 0 Å². The van der Waals surface area contributed by atoms with E-state index >= 15 is 0 Å². The number of ether oxygens (including phenoxy) is 4. The quantitative estimate of drug-likeness (QED) is 0.0222.